The zero-order valence-electron chi connectivity index (χ0n) is 11.9. The Bertz CT molecular complexity index is 589. The fraction of sp³-hybridized carbons (Fsp3) is 0.294. The lowest BCUT2D eigenvalue weighted by molar-refractivity contribution is 0.414. The minimum absolute atomic E-state index is 0. The van der Waals surface area contributed by atoms with Gasteiger partial charge in [-0.1, -0.05) is 54.1 Å². The van der Waals surface area contributed by atoms with Crippen LogP contribution in [0.15, 0.2) is 48.5 Å². The summed E-state index contributed by atoms with van der Waals surface area (Å²) in [5.41, 5.74) is 2.51. The number of ether oxygens (including phenoxy) is 1. The molecule has 0 amide bonds. The Labute approximate surface area is 136 Å². The standard InChI is InChI=1S/C17H18ClNO.ClH/c1-20-16-9-5-8-13(17(16)18)11-19-15-10-14(15)12-6-3-2-4-7-12;/h2-9,14-15,19H,10-11H2,1H3;1H/t14-,15+;/m0./s1. The Kier molecular flexibility index (Phi) is 5.51. The van der Waals surface area contributed by atoms with Crippen LogP contribution < -0.4 is 10.1 Å². The van der Waals surface area contributed by atoms with Crippen LogP contribution in [0.3, 0.4) is 0 Å². The van der Waals surface area contributed by atoms with Gasteiger partial charge >= 0.3 is 0 Å². The SMILES string of the molecule is COc1cccc(CN[C@@H]2C[C@H]2c2ccccc2)c1Cl.Cl. The molecule has 0 aromatic heterocycles. The quantitative estimate of drug-likeness (QED) is 0.879. The molecule has 3 rings (SSSR count). The number of hydrogen-bond donors (Lipinski definition) is 1. The van der Waals surface area contributed by atoms with E-state index in [4.69, 9.17) is 16.3 Å². The summed E-state index contributed by atoms with van der Waals surface area (Å²) in [6.45, 7) is 0.782. The summed E-state index contributed by atoms with van der Waals surface area (Å²) < 4.78 is 5.24. The molecule has 0 radical (unpaired) electrons. The number of benzene rings is 2. The Morgan fingerprint density at radius 1 is 1.14 bits per heavy atom. The lowest BCUT2D eigenvalue weighted by Crippen LogP contribution is -2.17. The highest BCUT2D eigenvalue weighted by atomic mass is 35.5. The summed E-state index contributed by atoms with van der Waals surface area (Å²) in [4.78, 5) is 0. The van der Waals surface area contributed by atoms with Crippen molar-refractivity contribution in [3.05, 3.63) is 64.7 Å². The van der Waals surface area contributed by atoms with Gasteiger partial charge in [-0.3, -0.25) is 0 Å². The molecule has 4 heteroatoms. The zero-order valence-corrected chi connectivity index (χ0v) is 13.5. The van der Waals surface area contributed by atoms with E-state index in [1.807, 2.05) is 18.2 Å². The molecule has 21 heavy (non-hydrogen) atoms. The molecule has 0 aliphatic heterocycles. The average Bonchev–Trinajstić information content (AvgIpc) is 3.27. The van der Waals surface area contributed by atoms with Gasteiger partial charge in [0.05, 0.1) is 12.1 Å². The molecule has 0 saturated heterocycles. The second kappa shape index (κ2) is 7.17. The second-order valence-electron chi connectivity index (χ2n) is 5.17. The van der Waals surface area contributed by atoms with Crippen molar-refractivity contribution < 1.29 is 4.74 Å². The summed E-state index contributed by atoms with van der Waals surface area (Å²) in [6, 6.07) is 17.1. The molecular weight excluding hydrogens is 305 g/mol. The van der Waals surface area contributed by atoms with Crippen molar-refractivity contribution in [2.24, 2.45) is 0 Å². The van der Waals surface area contributed by atoms with Crippen LogP contribution in [0.2, 0.25) is 5.02 Å². The molecule has 112 valence electrons. The van der Waals surface area contributed by atoms with Gasteiger partial charge in [-0.25, -0.2) is 0 Å². The molecule has 2 nitrogen and oxygen atoms in total. The number of halogens is 2. The molecule has 0 bridgehead atoms. The number of rotatable bonds is 5. The molecule has 0 spiro atoms. The first-order chi connectivity index (χ1) is 9.79. The van der Waals surface area contributed by atoms with Crippen LogP contribution in [0.25, 0.3) is 0 Å². The molecule has 1 N–H and O–H groups in total. The normalized spacial score (nSPS) is 19.7. The van der Waals surface area contributed by atoms with Crippen LogP contribution in [-0.2, 0) is 6.54 Å². The molecule has 1 aliphatic rings. The van der Waals surface area contributed by atoms with Crippen LogP contribution in [0.4, 0.5) is 0 Å². The van der Waals surface area contributed by atoms with Crippen LogP contribution in [-0.4, -0.2) is 13.2 Å². The Hall–Kier alpha value is -1.22. The molecule has 2 aromatic rings. The smallest absolute Gasteiger partial charge is 0.137 e. The maximum atomic E-state index is 6.30. The average molecular weight is 324 g/mol. The van der Waals surface area contributed by atoms with Gasteiger partial charge in [-0.05, 0) is 23.6 Å². The van der Waals surface area contributed by atoms with Crippen molar-refractivity contribution in [2.75, 3.05) is 7.11 Å². The van der Waals surface area contributed by atoms with Crippen molar-refractivity contribution in [1.82, 2.24) is 5.32 Å². The summed E-state index contributed by atoms with van der Waals surface area (Å²) in [5, 5.41) is 4.28. The molecular formula is C17H19Cl2NO. The summed E-state index contributed by atoms with van der Waals surface area (Å²) in [6.07, 6.45) is 1.20. The first-order valence-corrected chi connectivity index (χ1v) is 7.27. The Morgan fingerprint density at radius 2 is 1.90 bits per heavy atom. The van der Waals surface area contributed by atoms with E-state index in [0.29, 0.717) is 17.0 Å². The number of methoxy groups -OCH3 is 1. The molecule has 1 aliphatic carbocycles. The van der Waals surface area contributed by atoms with Crippen molar-refractivity contribution in [2.45, 2.75) is 24.9 Å². The van der Waals surface area contributed by atoms with Gasteiger partial charge in [0.2, 0.25) is 0 Å². The highest BCUT2D eigenvalue weighted by molar-refractivity contribution is 6.32. The predicted molar refractivity (Wildman–Crippen MR) is 89.7 cm³/mol. The van der Waals surface area contributed by atoms with Crippen molar-refractivity contribution >= 4 is 24.0 Å². The van der Waals surface area contributed by atoms with Crippen molar-refractivity contribution in [1.29, 1.82) is 0 Å². The highest BCUT2D eigenvalue weighted by Crippen LogP contribution is 2.41. The van der Waals surface area contributed by atoms with E-state index in [9.17, 15) is 0 Å². The minimum Gasteiger partial charge on any atom is -0.495 e. The molecule has 1 saturated carbocycles. The van der Waals surface area contributed by atoms with Crippen LogP contribution in [0, 0.1) is 0 Å². The first kappa shape index (κ1) is 16.2. The first-order valence-electron chi connectivity index (χ1n) is 6.89. The van der Waals surface area contributed by atoms with Gasteiger partial charge in [0.25, 0.3) is 0 Å². The number of hydrogen-bond acceptors (Lipinski definition) is 2. The molecule has 0 heterocycles. The van der Waals surface area contributed by atoms with Crippen molar-refractivity contribution in [3.8, 4) is 5.75 Å². The van der Waals surface area contributed by atoms with Gasteiger partial charge < -0.3 is 10.1 Å². The van der Waals surface area contributed by atoms with E-state index in [0.717, 1.165) is 17.9 Å². The topological polar surface area (TPSA) is 21.3 Å². The molecule has 2 atom stereocenters. The third-order valence-electron chi connectivity index (χ3n) is 3.84. The largest absolute Gasteiger partial charge is 0.495 e. The third-order valence-corrected chi connectivity index (χ3v) is 4.27. The van der Waals surface area contributed by atoms with E-state index in [1.165, 1.54) is 12.0 Å². The second-order valence-corrected chi connectivity index (χ2v) is 5.55. The monoisotopic (exact) mass is 323 g/mol. The van der Waals surface area contributed by atoms with Crippen LogP contribution in [0.1, 0.15) is 23.5 Å². The van der Waals surface area contributed by atoms with Gasteiger partial charge in [0, 0.05) is 18.5 Å². The lowest BCUT2D eigenvalue weighted by Gasteiger charge is -2.09. The third kappa shape index (κ3) is 3.70. The van der Waals surface area contributed by atoms with E-state index in [1.54, 1.807) is 7.11 Å². The van der Waals surface area contributed by atoms with E-state index in [-0.39, 0.29) is 12.4 Å². The summed E-state index contributed by atoms with van der Waals surface area (Å²) in [7, 11) is 1.64. The molecule has 1 fully saturated rings. The zero-order chi connectivity index (χ0) is 13.9. The van der Waals surface area contributed by atoms with Gasteiger partial charge in [0.1, 0.15) is 5.75 Å². The van der Waals surface area contributed by atoms with E-state index >= 15 is 0 Å². The maximum Gasteiger partial charge on any atom is 0.137 e. The summed E-state index contributed by atoms with van der Waals surface area (Å²) >= 11 is 6.30. The fourth-order valence-corrected chi connectivity index (χ4v) is 2.85. The van der Waals surface area contributed by atoms with Gasteiger partial charge in [0.15, 0.2) is 0 Å². The lowest BCUT2D eigenvalue weighted by atomic mass is 10.1. The van der Waals surface area contributed by atoms with E-state index in [2.05, 4.69) is 35.6 Å². The van der Waals surface area contributed by atoms with Crippen LogP contribution in [0.5, 0.6) is 5.75 Å². The molecule has 0 unspecified atom stereocenters. The molecule has 2 aromatic carbocycles. The Morgan fingerprint density at radius 3 is 2.62 bits per heavy atom. The minimum atomic E-state index is 0. The van der Waals surface area contributed by atoms with Crippen LogP contribution >= 0.6 is 24.0 Å². The predicted octanol–water partition coefficient (Wildman–Crippen LogP) is 4.42. The maximum absolute atomic E-state index is 6.30. The van der Waals surface area contributed by atoms with Gasteiger partial charge in [-0.2, -0.15) is 0 Å². The summed E-state index contributed by atoms with van der Waals surface area (Å²) in [5.74, 6) is 1.38. The highest BCUT2D eigenvalue weighted by Gasteiger charge is 2.37. The van der Waals surface area contributed by atoms with E-state index < -0.39 is 0 Å². The fourth-order valence-electron chi connectivity index (χ4n) is 2.58. The van der Waals surface area contributed by atoms with Gasteiger partial charge in [-0.15, -0.1) is 12.4 Å². The van der Waals surface area contributed by atoms with Crippen molar-refractivity contribution in [3.63, 3.8) is 0 Å². The Balaban J connectivity index is 0.00000161. The number of nitrogens with one attached hydrogen (secondary N) is 1.